The molecule has 1 saturated heterocycles. The summed E-state index contributed by atoms with van der Waals surface area (Å²) in [7, 11) is 0. The summed E-state index contributed by atoms with van der Waals surface area (Å²) in [6.07, 6.45) is 2.93. The minimum Gasteiger partial charge on any atom is -0.479 e. The Labute approximate surface area is 174 Å². The molecule has 0 aromatic carbocycles. The van der Waals surface area contributed by atoms with Gasteiger partial charge in [0, 0.05) is 30.6 Å². The van der Waals surface area contributed by atoms with E-state index in [1.807, 2.05) is 0 Å². The van der Waals surface area contributed by atoms with Crippen LogP contribution in [0.2, 0.25) is 0 Å². The van der Waals surface area contributed by atoms with E-state index in [-0.39, 0.29) is 30.0 Å². The topological polar surface area (TPSA) is 105 Å². The predicted octanol–water partition coefficient (Wildman–Crippen LogP) is 2.10. The van der Waals surface area contributed by atoms with Gasteiger partial charge in [-0.15, -0.1) is 0 Å². The average Bonchev–Trinajstić information content (AvgIpc) is 3.10. The number of hydrogen-bond donors (Lipinski definition) is 0. The molecule has 0 aromatic rings. The molecule has 0 amide bonds. The summed E-state index contributed by atoms with van der Waals surface area (Å²) in [6.45, 7) is 9.90. The van der Waals surface area contributed by atoms with Crippen LogP contribution in [-0.2, 0) is 38.1 Å². The first-order chi connectivity index (χ1) is 14.0. The first-order valence-electron chi connectivity index (χ1n) is 9.56. The Morgan fingerprint density at radius 3 is 2.70 bits per heavy atom. The molecule has 0 aliphatic carbocycles. The van der Waals surface area contributed by atoms with Crippen molar-refractivity contribution in [3.8, 4) is 0 Å². The minimum atomic E-state index is -1.24. The van der Waals surface area contributed by atoms with Gasteiger partial charge in [-0.05, 0) is 38.5 Å². The van der Waals surface area contributed by atoms with Crippen molar-refractivity contribution in [3.05, 3.63) is 47.3 Å². The van der Waals surface area contributed by atoms with Crippen molar-refractivity contribution >= 4 is 23.7 Å². The lowest BCUT2D eigenvalue weighted by Crippen LogP contribution is -2.42. The molecule has 3 aliphatic rings. The highest BCUT2D eigenvalue weighted by atomic mass is 16.6. The van der Waals surface area contributed by atoms with Gasteiger partial charge in [0.15, 0.2) is 5.60 Å². The lowest BCUT2D eigenvalue weighted by molar-refractivity contribution is -0.153. The number of carbonyl (C=O) groups excluding carboxylic acids is 4. The van der Waals surface area contributed by atoms with Crippen molar-refractivity contribution in [2.75, 3.05) is 6.61 Å². The van der Waals surface area contributed by atoms with E-state index in [0.29, 0.717) is 11.3 Å². The van der Waals surface area contributed by atoms with Crippen molar-refractivity contribution in [2.24, 2.45) is 5.92 Å². The maximum Gasteiger partial charge on any atom is 0.334 e. The highest BCUT2D eigenvalue weighted by molar-refractivity contribution is 6.00. The van der Waals surface area contributed by atoms with E-state index < -0.39 is 41.6 Å². The van der Waals surface area contributed by atoms with Crippen LogP contribution in [0.15, 0.2) is 47.3 Å². The molecule has 3 rings (SSSR count). The number of hydrogen-bond acceptors (Lipinski definition) is 8. The lowest BCUT2D eigenvalue weighted by Gasteiger charge is -2.31. The van der Waals surface area contributed by atoms with E-state index >= 15 is 0 Å². The highest BCUT2D eigenvalue weighted by Crippen LogP contribution is 2.42. The Morgan fingerprint density at radius 2 is 2.03 bits per heavy atom. The Bertz CT molecular complexity index is 921. The third-order valence-electron chi connectivity index (χ3n) is 5.43. The highest BCUT2D eigenvalue weighted by Gasteiger charge is 2.51. The maximum atomic E-state index is 12.7. The van der Waals surface area contributed by atoms with E-state index in [1.54, 1.807) is 19.9 Å². The van der Waals surface area contributed by atoms with Gasteiger partial charge in [0.1, 0.15) is 24.6 Å². The second kappa shape index (κ2) is 7.93. The molecule has 8 heteroatoms. The number of ether oxygens (including phenoxy) is 4. The van der Waals surface area contributed by atoms with Gasteiger partial charge in [0.2, 0.25) is 5.78 Å². The number of rotatable bonds is 4. The van der Waals surface area contributed by atoms with Crippen molar-refractivity contribution in [3.63, 3.8) is 0 Å². The van der Waals surface area contributed by atoms with Crippen molar-refractivity contribution in [1.82, 2.24) is 0 Å². The maximum absolute atomic E-state index is 12.7. The molecule has 0 N–H and O–H groups in total. The van der Waals surface area contributed by atoms with Crippen LogP contribution in [0.5, 0.6) is 0 Å². The SMILES string of the molecule is C=C1C(=O)OC2/C=C(/C)C3=CC(=O)C(C)(CC(OC(=O)/C(C)=C/COC(C)=O)C12)O3. The summed E-state index contributed by atoms with van der Waals surface area (Å²) in [5.41, 5.74) is -0.205. The molecule has 4 atom stereocenters. The van der Waals surface area contributed by atoms with E-state index in [0.717, 1.165) is 0 Å². The van der Waals surface area contributed by atoms with Gasteiger partial charge in [-0.25, -0.2) is 9.59 Å². The van der Waals surface area contributed by atoms with Crippen LogP contribution in [0, 0.1) is 5.92 Å². The molecule has 0 saturated carbocycles. The van der Waals surface area contributed by atoms with Crippen LogP contribution in [0.4, 0.5) is 0 Å². The molecule has 3 aliphatic heterocycles. The molecule has 2 bridgehead atoms. The van der Waals surface area contributed by atoms with Crippen LogP contribution in [0.3, 0.4) is 0 Å². The zero-order valence-corrected chi connectivity index (χ0v) is 17.4. The van der Waals surface area contributed by atoms with Crippen LogP contribution < -0.4 is 0 Å². The molecule has 4 unspecified atom stereocenters. The fraction of sp³-hybridized carbons (Fsp3) is 0.455. The van der Waals surface area contributed by atoms with Crippen LogP contribution >= 0.6 is 0 Å². The van der Waals surface area contributed by atoms with Crippen molar-refractivity contribution in [2.45, 2.75) is 51.9 Å². The smallest absolute Gasteiger partial charge is 0.334 e. The van der Waals surface area contributed by atoms with Gasteiger partial charge in [-0.3, -0.25) is 9.59 Å². The summed E-state index contributed by atoms with van der Waals surface area (Å²) in [5, 5.41) is 0. The molecule has 160 valence electrons. The molecular formula is C22H24O8. The quantitative estimate of drug-likeness (QED) is 0.390. The third kappa shape index (κ3) is 4.08. The summed E-state index contributed by atoms with van der Waals surface area (Å²) in [5.74, 6) is -2.22. The molecule has 30 heavy (non-hydrogen) atoms. The van der Waals surface area contributed by atoms with Gasteiger partial charge in [-0.1, -0.05) is 6.58 Å². The van der Waals surface area contributed by atoms with E-state index in [2.05, 4.69) is 6.58 Å². The second-order valence-corrected chi connectivity index (χ2v) is 7.81. The Balaban J connectivity index is 1.91. The van der Waals surface area contributed by atoms with Gasteiger partial charge < -0.3 is 18.9 Å². The molecule has 0 aromatic heterocycles. The zero-order valence-electron chi connectivity index (χ0n) is 17.4. The lowest BCUT2D eigenvalue weighted by atomic mass is 9.82. The van der Waals surface area contributed by atoms with Gasteiger partial charge >= 0.3 is 17.9 Å². The first-order valence-corrected chi connectivity index (χ1v) is 9.56. The number of ketones is 1. The largest absolute Gasteiger partial charge is 0.479 e. The standard InChI is InChI=1S/C22H24O8/c1-11(6-7-27-14(4)23)20(25)29-17-10-22(5)18(24)9-15(30-22)12(2)8-16-19(17)13(3)21(26)28-16/h6,8-9,16-17,19H,3,7,10H2,1-2,4-5H3/b11-6+,12-8-. The van der Waals surface area contributed by atoms with E-state index in [9.17, 15) is 19.2 Å². The molecule has 3 heterocycles. The van der Waals surface area contributed by atoms with E-state index in [1.165, 1.54) is 26.0 Å². The van der Waals surface area contributed by atoms with Crippen LogP contribution in [0.25, 0.3) is 0 Å². The summed E-state index contributed by atoms with van der Waals surface area (Å²) in [6, 6.07) is 0. The molecule has 1 fully saturated rings. The van der Waals surface area contributed by atoms with Crippen LogP contribution in [0.1, 0.15) is 34.1 Å². The second-order valence-electron chi connectivity index (χ2n) is 7.81. The van der Waals surface area contributed by atoms with Gasteiger partial charge in [0.25, 0.3) is 0 Å². The third-order valence-corrected chi connectivity index (χ3v) is 5.43. The van der Waals surface area contributed by atoms with Crippen LogP contribution in [-0.4, -0.2) is 48.1 Å². The Morgan fingerprint density at radius 1 is 1.33 bits per heavy atom. The zero-order chi connectivity index (χ0) is 22.2. The fourth-order valence-electron chi connectivity index (χ4n) is 3.66. The fourth-order valence-corrected chi connectivity index (χ4v) is 3.66. The predicted molar refractivity (Wildman–Crippen MR) is 104 cm³/mol. The Hall–Kier alpha value is -3.16. The monoisotopic (exact) mass is 416 g/mol. The number of allylic oxidation sites excluding steroid dienone is 1. The molecule has 8 nitrogen and oxygen atoms in total. The van der Waals surface area contributed by atoms with Gasteiger partial charge in [0.05, 0.1) is 5.92 Å². The first kappa shape index (κ1) is 21.5. The minimum absolute atomic E-state index is 0.0206. The number of esters is 3. The molecule has 0 radical (unpaired) electrons. The molecular weight excluding hydrogens is 392 g/mol. The number of carbonyl (C=O) groups is 4. The number of fused-ring (bicyclic) bond motifs is 3. The molecule has 0 spiro atoms. The average molecular weight is 416 g/mol. The summed E-state index contributed by atoms with van der Waals surface area (Å²) < 4.78 is 21.8. The summed E-state index contributed by atoms with van der Waals surface area (Å²) >= 11 is 0. The van der Waals surface area contributed by atoms with Crippen molar-refractivity contribution < 1.29 is 38.1 Å². The normalized spacial score (nSPS) is 32.5. The van der Waals surface area contributed by atoms with Gasteiger partial charge in [-0.2, -0.15) is 0 Å². The Kier molecular flexibility index (Phi) is 5.70. The van der Waals surface area contributed by atoms with Crippen molar-refractivity contribution in [1.29, 1.82) is 0 Å². The van der Waals surface area contributed by atoms with E-state index in [4.69, 9.17) is 18.9 Å². The summed E-state index contributed by atoms with van der Waals surface area (Å²) in [4.78, 5) is 48.3.